The van der Waals surface area contributed by atoms with E-state index in [4.69, 9.17) is 28.4 Å². The first-order valence-electron chi connectivity index (χ1n) is 15.4. The van der Waals surface area contributed by atoms with Gasteiger partial charge in [0.1, 0.15) is 36.6 Å². The molecule has 2 spiro atoms. The average Bonchev–Trinajstić information content (AvgIpc) is 3.40. The van der Waals surface area contributed by atoms with Crippen LogP contribution >= 0.6 is 0 Å². The van der Waals surface area contributed by atoms with Crippen LogP contribution in [-0.2, 0) is 28.4 Å². The van der Waals surface area contributed by atoms with Crippen molar-refractivity contribution in [3.8, 4) is 0 Å². The largest absolute Gasteiger partial charge is 0.372 e. The molecule has 3 saturated carbocycles. The molecule has 2 unspecified atom stereocenters. The summed E-state index contributed by atoms with van der Waals surface area (Å²) in [6.45, 7) is 10.5. The van der Waals surface area contributed by atoms with Crippen LogP contribution in [0.2, 0.25) is 0 Å². The normalized spacial score (nSPS) is 38.7. The second-order valence-corrected chi connectivity index (χ2v) is 12.7. The topological polar surface area (TPSA) is 55.4 Å². The van der Waals surface area contributed by atoms with Gasteiger partial charge in [-0.3, -0.25) is 0 Å². The van der Waals surface area contributed by atoms with Crippen LogP contribution in [0.25, 0.3) is 0 Å². The summed E-state index contributed by atoms with van der Waals surface area (Å²) in [5.41, 5.74) is 0. The highest BCUT2D eigenvalue weighted by Gasteiger charge is 2.66. The second-order valence-electron chi connectivity index (χ2n) is 12.7. The van der Waals surface area contributed by atoms with Crippen molar-refractivity contribution in [2.45, 2.75) is 166 Å². The van der Waals surface area contributed by atoms with Crippen LogP contribution in [0, 0.1) is 11.8 Å². The molecule has 5 fully saturated rings. The van der Waals surface area contributed by atoms with Gasteiger partial charge in [-0.05, 0) is 50.4 Å². The van der Waals surface area contributed by atoms with Crippen LogP contribution in [0.5, 0.6) is 0 Å². The van der Waals surface area contributed by atoms with Gasteiger partial charge in [0.25, 0.3) is 0 Å². The summed E-state index contributed by atoms with van der Waals surface area (Å²) in [6, 6.07) is 0. The fourth-order valence-electron chi connectivity index (χ4n) is 7.44. The van der Waals surface area contributed by atoms with E-state index in [1.807, 2.05) is 0 Å². The molecule has 6 nitrogen and oxygen atoms in total. The van der Waals surface area contributed by atoms with Crippen molar-refractivity contribution in [2.75, 3.05) is 13.2 Å². The summed E-state index contributed by atoms with van der Waals surface area (Å²) < 4.78 is 41.1. The third kappa shape index (κ3) is 5.70. The van der Waals surface area contributed by atoms with Crippen molar-refractivity contribution in [1.82, 2.24) is 0 Å². The lowest BCUT2D eigenvalue weighted by molar-refractivity contribution is -0.228. The molecule has 0 radical (unpaired) electrons. The highest BCUT2D eigenvalue weighted by Crippen LogP contribution is 2.52. The fraction of sp³-hybridized carbons (Fsp3) is 1.00. The summed E-state index contributed by atoms with van der Waals surface area (Å²) >= 11 is 0. The SMILES string of the molecule is CCCC(C)CO[C@@H]1[C@H]2OC3(CCCCC3)O[C@H]2[C@@H](OCC(C)CCC)[C@@H]2OC3(CCCCC3)O[C@@H]12. The van der Waals surface area contributed by atoms with Crippen LogP contribution in [-0.4, -0.2) is 61.4 Å². The van der Waals surface area contributed by atoms with E-state index < -0.39 is 11.6 Å². The van der Waals surface area contributed by atoms with E-state index in [-0.39, 0.29) is 36.6 Å². The summed E-state index contributed by atoms with van der Waals surface area (Å²) in [5.74, 6) is 0.0183. The van der Waals surface area contributed by atoms with Gasteiger partial charge < -0.3 is 28.4 Å². The van der Waals surface area contributed by atoms with Crippen molar-refractivity contribution in [3.05, 3.63) is 0 Å². The molecule has 5 aliphatic rings. The van der Waals surface area contributed by atoms with Gasteiger partial charge in [-0.2, -0.15) is 0 Å². The van der Waals surface area contributed by atoms with E-state index in [0.29, 0.717) is 11.8 Å². The van der Waals surface area contributed by atoms with Crippen molar-refractivity contribution in [2.24, 2.45) is 11.8 Å². The Kier molecular flexibility index (Phi) is 9.02. The van der Waals surface area contributed by atoms with Gasteiger partial charge >= 0.3 is 0 Å². The number of ether oxygens (including phenoxy) is 6. The van der Waals surface area contributed by atoms with Crippen molar-refractivity contribution in [3.63, 3.8) is 0 Å². The van der Waals surface area contributed by atoms with Gasteiger partial charge in [0.05, 0.1) is 0 Å². The summed E-state index contributed by atoms with van der Waals surface area (Å²) in [4.78, 5) is 0. The Morgan fingerprint density at radius 2 is 0.917 bits per heavy atom. The van der Waals surface area contributed by atoms with Gasteiger partial charge in [-0.15, -0.1) is 0 Å². The molecule has 0 amide bonds. The smallest absolute Gasteiger partial charge is 0.169 e. The maximum Gasteiger partial charge on any atom is 0.169 e. The zero-order valence-corrected chi connectivity index (χ0v) is 23.4. The van der Waals surface area contributed by atoms with Gasteiger partial charge in [0, 0.05) is 38.9 Å². The predicted molar refractivity (Wildman–Crippen MR) is 139 cm³/mol. The Morgan fingerprint density at radius 3 is 1.22 bits per heavy atom. The Labute approximate surface area is 219 Å². The van der Waals surface area contributed by atoms with E-state index in [9.17, 15) is 0 Å². The minimum Gasteiger partial charge on any atom is -0.372 e. The lowest BCUT2D eigenvalue weighted by Crippen LogP contribution is -2.63. The van der Waals surface area contributed by atoms with Crippen molar-refractivity contribution in [1.29, 1.82) is 0 Å². The molecule has 0 bridgehead atoms. The highest BCUT2D eigenvalue weighted by molar-refractivity contribution is 5.10. The molecule has 0 aromatic carbocycles. The summed E-state index contributed by atoms with van der Waals surface area (Å²) in [5, 5.41) is 0. The van der Waals surface area contributed by atoms with Crippen LogP contribution < -0.4 is 0 Å². The Morgan fingerprint density at radius 1 is 0.583 bits per heavy atom. The first-order chi connectivity index (χ1) is 17.5. The molecular formula is C30H52O6. The van der Waals surface area contributed by atoms with E-state index in [0.717, 1.165) is 64.6 Å². The quantitative estimate of drug-likeness (QED) is 0.334. The molecule has 0 aromatic rings. The molecule has 0 aromatic heterocycles. The molecule has 36 heavy (non-hydrogen) atoms. The molecule has 6 heteroatoms. The van der Waals surface area contributed by atoms with Gasteiger partial charge in [-0.25, -0.2) is 0 Å². The molecule has 2 heterocycles. The molecule has 8 atom stereocenters. The zero-order chi connectivity index (χ0) is 25.2. The lowest BCUT2D eigenvalue weighted by atomic mass is 9.84. The fourth-order valence-corrected chi connectivity index (χ4v) is 7.44. The Bertz CT molecular complexity index is 601. The molecule has 2 saturated heterocycles. The van der Waals surface area contributed by atoms with Crippen LogP contribution in [0.4, 0.5) is 0 Å². The average molecular weight is 509 g/mol. The predicted octanol–water partition coefficient (Wildman–Crippen LogP) is 6.53. The van der Waals surface area contributed by atoms with Gasteiger partial charge in [0.2, 0.25) is 0 Å². The van der Waals surface area contributed by atoms with Crippen LogP contribution in [0.3, 0.4) is 0 Å². The van der Waals surface area contributed by atoms with Crippen molar-refractivity contribution >= 4 is 0 Å². The first-order valence-corrected chi connectivity index (χ1v) is 15.4. The van der Waals surface area contributed by atoms with Crippen LogP contribution in [0.1, 0.15) is 118 Å². The molecule has 0 N–H and O–H groups in total. The minimum absolute atomic E-state index is 0.174. The highest BCUT2D eigenvalue weighted by atomic mass is 16.8. The molecule has 5 rings (SSSR count). The van der Waals surface area contributed by atoms with E-state index in [2.05, 4.69) is 27.7 Å². The molecule has 3 aliphatic carbocycles. The van der Waals surface area contributed by atoms with Crippen LogP contribution in [0.15, 0.2) is 0 Å². The monoisotopic (exact) mass is 508 g/mol. The van der Waals surface area contributed by atoms with Gasteiger partial charge in [-0.1, -0.05) is 53.4 Å². The van der Waals surface area contributed by atoms with E-state index in [1.165, 1.54) is 38.5 Å². The molecule has 2 aliphatic heterocycles. The molecular weight excluding hydrogens is 456 g/mol. The van der Waals surface area contributed by atoms with Crippen molar-refractivity contribution < 1.29 is 28.4 Å². The standard InChI is InChI=1S/C30H52O6/c1-5-13-21(3)19-31-23-25-27(35-29(33-25)15-9-7-10-16-29)24(32-20-22(4)14-6-2)28-26(23)34-30(36-28)17-11-8-12-18-30/h21-28H,5-20H2,1-4H3/t21?,22?,23-,24-,25-,26-,27-,28+/m0/s1. The number of hydrogen-bond donors (Lipinski definition) is 0. The number of fused-ring (bicyclic) bond motifs is 2. The third-order valence-corrected chi connectivity index (χ3v) is 9.29. The zero-order valence-electron chi connectivity index (χ0n) is 23.4. The Balaban J connectivity index is 1.41. The second kappa shape index (κ2) is 11.9. The summed E-state index contributed by atoms with van der Waals surface area (Å²) in [6.07, 6.45) is 14.6. The van der Waals surface area contributed by atoms with E-state index >= 15 is 0 Å². The number of rotatable bonds is 10. The summed E-state index contributed by atoms with van der Waals surface area (Å²) in [7, 11) is 0. The number of hydrogen-bond acceptors (Lipinski definition) is 6. The lowest BCUT2D eigenvalue weighted by Gasteiger charge is -2.43. The molecule has 208 valence electrons. The third-order valence-electron chi connectivity index (χ3n) is 9.29. The maximum absolute atomic E-state index is 6.90. The first kappa shape index (κ1) is 27.3. The minimum atomic E-state index is -0.498. The van der Waals surface area contributed by atoms with Gasteiger partial charge in [0.15, 0.2) is 11.6 Å². The maximum atomic E-state index is 6.90. The Hall–Kier alpha value is -0.240. The van der Waals surface area contributed by atoms with E-state index in [1.54, 1.807) is 0 Å².